The second-order valence-corrected chi connectivity index (χ2v) is 11.1. The van der Waals surface area contributed by atoms with Gasteiger partial charge in [0.05, 0.1) is 30.2 Å². The minimum atomic E-state index is -2.70. The third kappa shape index (κ3) is 5.06. The van der Waals surface area contributed by atoms with Crippen LogP contribution in [0.3, 0.4) is 0 Å². The zero-order chi connectivity index (χ0) is 27.3. The Bertz CT molecular complexity index is 1380. The molecule has 3 aromatic heterocycles. The van der Waals surface area contributed by atoms with Crippen LogP contribution in [0.25, 0.3) is 5.65 Å². The normalized spacial score (nSPS) is 23.1. The second-order valence-electron chi connectivity index (χ2n) is 11.1. The van der Waals surface area contributed by atoms with Gasteiger partial charge in [0, 0.05) is 25.4 Å². The number of aryl methyl sites for hydroxylation is 1. The molecule has 3 fully saturated rings. The highest BCUT2D eigenvalue weighted by atomic mass is 19.3. The number of alkyl halides is 2. The van der Waals surface area contributed by atoms with Gasteiger partial charge in [0.15, 0.2) is 11.3 Å². The van der Waals surface area contributed by atoms with Crippen molar-refractivity contribution in [2.45, 2.75) is 82.8 Å². The van der Waals surface area contributed by atoms with E-state index in [1.165, 1.54) is 0 Å². The molecule has 1 saturated heterocycles. The van der Waals surface area contributed by atoms with Crippen molar-refractivity contribution in [1.29, 1.82) is 0 Å². The van der Waals surface area contributed by atoms with Gasteiger partial charge in [-0.2, -0.15) is 5.10 Å². The molecule has 11 nitrogen and oxygen atoms in total. The lowest BCUT2D eigenvalue weighted by atomic mass is 9.81. The third-order valence-corrected chi connectivity index (χ3v) is 8.31. The maximum absolute atomic E-state index is 14.0. The van der Waals surface area contributed by atoms with E-state index in [9.17, 15) is 18.4 Å². The number of carbonyl (C=O) groups excluding carboxylic acids is 2. The van der Waals surface area contributed by atoms with Crippen LogP contribution < -0.4 is 10.6 Å². The fourth-order valence-electron chi connectivity index (χ4n) is 5.91. The first-order valence-electron chi connectivity index (χ1n) is 13.6. The van der Waals surface area contributed by atoms with Crippen molar-refractivity contribution in [1.82, 2.24) is 40.4 Å². The maximum Gasteiger partial charge on any atom is 0.318 e. The molecule has 2 saturated carbocycles. The molecule has 3 atom stereocenters. The summed E-state index contributed by atoms with van der Waals surface area (Å²) in [5.74, 6) is -3.07. The van der Waals surface area contributed by atoms with Crippen LogP contribution in [0, 0.1) is 18.8 Å². The van der Waals surface area contributed by atoms with E-state index in [1.807, 2.05) is 11.0 Å². The molecule has 13 heteroatoms. The number of hydrogen-bond donors (Lipinski definition) is 2. The molecule has 0 aromatic carbocycles. The van der Waals surface area contributed by atoms with Crippen molar-refractivity contribution in [3.63, 3.8) is 0 Å². The number of carbonyl (C=O) groups is 2. The highest BCUT2D eigenvalue weighted by Gasteiger charge is 2.43. The predicted octanol–water partition coefficient (Wildman–Crippen LogP) is 3.97. The Morgan fingerprint density at radius 1 is 1.23 bits per heavy atom. The number of imidazole rings is 1. The number of amides is 3. The van der Waals surface area contributed by atoms with E-state index < -0.39 is 17.9 Å². The Labute approximate surface area is 223 Å². The Balaban J connectivity index is 1.31. The molecular weight excluding hydrogens is 510 g/mol. The molecule has 4 heterocycles. The number of nitrogens with one attached hydrogen (secondary N) is 2. The molecule has 2 N–H and O–H groups in total. The largest absolute Gasteiger partial charge is 0.342 e. The SMILES string of the molecule is CC[C@H]1CN([C@@H](c2cnn3cc([C@@H](NC(=O)c4nonc4C)C4CCC(F)(F)CC4)nc3c2)C2CC2)C(=O)N1. The van der Waals surface area contributed by atoms with Crippen LogP contribution in [-0.2, 0) is 0 Å². The topological polar surface area (TPSA) is 131 Å². The Hall–Kier alpha value is -3.64. The summed E-state index contributed by atoms with van der Waals surface area (Å²) in [6, 6.07) is 1.30. The molecule has 3 aliphatic rings. The van der Waals surface area contributed by atoms with Crippen molar-refractivity contribution in [2.75, 3.05) is 6.54 Å². The molecule has 0 bridgehead atoms. The fraction of sp³-hybridized carbons (Fsp3) is 0.615. The first-order chi connectivity index (χ1) is 18.7. The number of halogens is 2. The molecule has 0 unspecified atom stereocenters. The van der Waals surface area contributed by atoms with Crippen LogP contribution >= 0.6 is 0 Å². The van der Waals surface area contributed by atoms with Gasteiger partial charge in [0.1, 0.15) is 5.69 Å². The lowest BCUT2D eigenvalue weighted by Gasteiger charge is -2.33. The predicted molar refractivity (Wildman–Crippen MR) is 134 cm³/mol. The molecule has 3 amide bonds. The smallest absolute Gasteiger partial charge is 0.318 e. The van der Waals surface area contributed by atoms with Crippen LogP contribution in [0.5, 0.6) is 0 Å². The van der Waals surface area contributed by atoms with Gasteiger partial charge in [-0.15, -0.1) is 0 Å². The zero-order valence-corrected chi connectivity index (χ0v) is 21.9. The molecule has 3 aromatic rings. The van der Waals surface area contributed by atoms with E-state index in [0.717, 1.165) is 24.8 Å². The number of fused-ring (bicyclic) bond motifs is 1. The average molecular weight is 543 g/mol. The maximum atomic E-state index is 14.0. The van der Waals surface area contributed by atoms with Gasteiger partial charge < -0.3 is 15.5 Å². The molecule has 208 valence electrons. The van der Waals surface area contributed by atoms with Crippen LogP contribution in [0.15, 0.2) is 23.1 Å². The molecular formula is C26H32F2N8O3. The highest BCUT2D eigenvalue weighted by molar-refractivity contribution is 5.93. The van der Waals surface area contributed by atoms with Crippen molar-refractivity contribution in [3.8, 4) is 0 Å². The second kappa shape index (κ2) is 9.83. The number of nitrogens with zero attached hydrogens (tertiary/aromatic N) is 6. The lowest BCUT2D eigenvalue weighted by Crippen LogP contribution is -2.37. The molecule has 6 rings (SSSR count). The minimum absolute atomic E-state index is 0.0480. The Morgan fingerprint density at radius 2 is 2.00 bits per heavy atom. The number of aromatic nitrogens is 5. The first-order valence-corrected chi connectivity index (χ1v) is 13.6. The summed E-state index contributed by atoms with van der Waals surface area (Å²) in [5.41, 5.74) is 2.40. The van der Waals surface area contributed by atoms with Crippen molar-refractivity contribution in [3.05, 3.63) is 41.1 Å². The summed E-state index contributed by atoms with van der Waals surface area (Å²) in [5, 5.41) is 18.0. The molecule has 1 aliphatic heterocycles. The lowest BCUT2D eigenvalue weighted by molar-refractivity contribution is -0.0495. The number of rotatable bonds is 8. The van der Waals surface area contributed by atoms with Gasteiger partial charge in [-0.05, 0) is 67.7 Å². The van der Waals surface area contributed by atoms with E-state index in [2.05, 4.69) is 37.6 Å². The first kappa shape index (κ1) is 25.6. The van der Waals surface area contributed by atoms with E-state index >= 15 is 0 Å². The van der Waals surface area contributed by atoms with Gasteiger partial charge in [0.2, 0.25) is 5.92 Å². The van der Waals surface area contributed by atoms with Crippen LogP contribution in [0.2, 0.25) is 0 Å². The Morgan fingerprint density at radius 3 is 2.64 bits per heavy atom. The summed E-state index contributed by atoms with van der Waals surface area (Å²) in [4.78, 5) is 32.5. The van der Waals surface area contributed by atoms with Gasteiger partial charge >= 0.3 is 6.03 Å². The quantitative estimate of drug-likeness (QED) is 0.440. The minimum Gasteiger partial charge on any atom is -0.342 e. The van der Waals surface area contributed by atoms with Crippen molar-refractivity contribution in [2.24, 2.45) is 11.8 Å². The van der Waals surface area contributed by atoms with E-state index in [-0.39, 0.29) is 55.4 Å². The number of urea groups is 1. The van der Waals surface area contributed by atoms with Gasteiger partial charge in [-0.3, -0.25) is 4.79 Å². The van der Waals surface area contributed by atoms with E-state index in [0.29, 0.717) is 29.5 Å². The molecule has 0 spiro atoms. The van der Waals surface area contributed by atoms with Crippen LogP contribution in [0.4, 0.5) is 13.6 Å². The summed E-state index contributed by atoms with van der Waals surface area (Å²) in [6.45, 7) is 4.32. The number of hydrogen-bond acceptors (Lipinski definition) is 7. The average Bonchev–Trinajstić information content (AvgIpc) is 3.31. The molecule has 2 aliphatic carbocycles. The van der Waals surface area contributed by atoms with Crippen LogP contribution in [-0.4, -0.2) is 60.3 Å². The summed E-state index contributed by atoms with van der Waals surface area (Å²) in [7, 11) is 0. The van der Waals surface area contributed by atoms with Gasteiger partial charge in [-0.1, -0.05) is 12.1 Å². The summed E-state index contributed by atoms with van der Waals surface area (Å²) < 4.78 is 34.2. The van der Waals surface area contributed by atoms with Crippen LogP contribution in [0.1, 0.15) is 91.4 Å². The molecule has 0 radical (unpaired) electrons. The summed E-state index contributed by atoms with van der Waals surface area (Å²) in [6.07, 6.45) is 6.46. The summed E-state index contributed by atoms with van der Waals surface area (Å²) >= 11 is 0. The fourth-order valence-corrected chi connectivity index (χ4v) is 5.91. The zero-order valence-electron chi connectivity index (χ0n) is 21.9. The monoisotopic (exact) mass is 542 g/mol. The highest BCUT2D eigenvalue weighted by Crippen LogP contribution is 2.46. The molecule has 39 heavy (non-hydrogen) atoms. The van der Waals surface area contributed by atoms with Gasteiger partial charge in [-0.25, -0.2) is 27.7 Å². The van der Waals surface area contributed by atoms with Crippen molar-refractivity contribution < 1.29 is 23.0 Å². The van der Waals surface area contributed by atoms with E-state index in [4.69, 9.17) is 4.98 Å². The standard InChI is InChI=1S/C26H32F2N8O3/c1-3-18-12-35(25(38)30-18)23(16-4-5-16)17-10-20-31-19(13-36(20)29-11-17)22(15-6-8-26(27,28)9-7-15)32-24(37)21-14(2)33-39-34-21/h10-11,13,15-16,18,22-23H,3-9,12H2,1-2H3,(H,30,38)(H,32,37)/t18-,22-,23+/m0/s1. The van der Waals surface area contributed by atoms with Crippen molar-refractivity contribution >= 4 is 17.6 Å². The Kier molecular flexibility index (Phi) is 6.46. The third-order valence-electron chi connectivity index (χ3n) is 8.31. The van der Waals surface area contributed by atoms with Gasteiger partial charge in [0.25, 0.3) is 5.91 Å². The van der Waals surface area contributed by atoms with E-state index in [1.54, 1.807) is 23.8 Å².